The van der Waals surface area contributed by atoms with Crippen LogP contribution in [-0.2, 0) is 24.5 Å². The van der Waals surface area contributed by atoms with Crippen LogP contribution in [-0.4, -0.2) is 33.9 Å². The van der Waals surface area contributed by atoms with Crippen LogP contribution in [0, 0.1) is 5.92 Å². The van der Waals surface area contributed by atoms with Gasteiger partial charge in [-0.15, -0.1) is 0 Å². The summed E-state index contributed by atoms with van der Waals surface area (Å²) < 4.78 is 6.17. The lowest BCUT2D eigenvalue weighted by Crippen LogP contribution is -2.52. The number of amides is 1. The lowest BCUT2D eigenvalue weighted by Gasteiger charge is -2.46. The highest BCUT2D eigenvalue weighted by Gasteiger charge is 2.74. The van der Waals surface area contributed by atoms with Crippen molar-refractivity contribution >= 4 is 35.1 Å². The van der Waals surface area contributed by atoms with Gasteiger partial charge in [0.2, 0.25) is 5.91 Å². The van der Waals surface area contributed by atoms with E-state index in [1.807, 2.05) is 95.9 Å². The molecule has 3 aliphatic rings. The highest BCUT2D eigenvalue weighted by Crippen LogP contribution is 2.64. The molecular weight excluding hydrogens is 540 g/mol. The molecule has 2 saturated heterocycles. The van der Waals surface area contributed by atoms with Crippen LogP contribution in [0.4, 0.5) is 5.69 Å². The Labute approximate surface area is 241 Å². The number of carbonyl (C=O) groups excluding carboxylic acids is 2. The maximum atomic E-state index is 14.3. The van der Waals surface area contributed by atoms with Gasteiger partial charge >= 0.3 is 11.9 Å². The third-order valence-electron chi connectivity index (χ3n) is 8.65. The number of hydrogen-bond donors (Lipinski definition) is 2. The van der Waals surface area contributed by atoms with E-state index >= 15 is 0 Å². The molecule has 4 aromatic carbocycles. The second kappa shape index (κ2) is 9.58. The van der Waals surface area contributed by atoms with Crippen LogP contribution >= 0.6 is 11.6 Å². The summed E-state index contributed by atoms with van der Waals surface area (Å²) in [4.78, 5) is 43.6. The number of nitrogens with one attached hydrogen (secondary N) is 1. The number of nitrogens with zero attached hydrogens (tertiary/aromatic N) is 1. The molecule has 41 heavy (non-hydrogen) atoms. The minimum Gasteiger partial charge on any atom is -0.481 e. The lowest BCUT2D eigenvalue weighted by atomic mass is 9.65. The molecule has 2 N–H and O–H groups in total. The van der Waals surface area contributed by atoms with E-state index < -0.39 is 53.4 Å². The van der Waals surface area contributed by atoms with Gasteiger partial charge in [-0.05, 0) is 40.5 Å². The van der Waals surface area contributed by atoms with Crippen molar-refractivity contribution in [2.75, 3.05) is 5.32 Å². The Morgan fingerprint density at radius 2 is 1.39 bits per heavy atom. The summed E-state index contributed by atoms with van der Waals surface area (Å²) in [5.74, 6) is -3.88. The van der Waals surface area contributed by atoms with Crippen LogP contribution in [0.5, 0.6) is 0 Å². The lowest BCUT2D eigenvalue weighted by molar-refractivity contribution is -0.179. The zero-order chi connectivity index (χ0) is 28.3. The minimum atomic E-state index is -1.67. The Bertz CT molecular complexity index is 1670. The summed E-state index contributed by atoms with van der Waals surface area (Å²) in [7, 11) is 0. The normalized spacial score (nSPS) is 28.6. The van der Waals surface area contributed by atoms with Crippen LogP contribution in [0.1, 0.15) is 40.4 Å². The van der Waals surface area contributed by atoms with Gasteiger partial charge in [0.15, 0.2) is 0 Å². The number of ether oxygens (including phenoxy) is 1. The van der Waals surface area contributed by atoms with Crippen molar-refractivity contribution < 1.29 is 24.2 Å². The fraction of sp³-hybridized carbons (Fsp3) is 0.182. The number of aliphatic carboxylic acids is 1. The van der Waals surface area contributed by atoms with Crippen molar-refractivity contribution in [3.63, 3.8) is 0 Å². The van der Waals surface area contributed by atoms with Gasteiger partial charge in [0.05, 0.1) is 12.1 Å². The number of anilines is 1. The molecule has 2 fully saturated rings. The number of carboxylic acid groups (broad SMARTS) is 1. The number of morpholine rings is 1. The SMILES string of the molecule is O=C1O[C@H](c2ccccc2)[C@H](c2ccccc2)N2[C@H]1[C@@H](C(=O)O)[C@]1(C(=O)Nc3ccc(Cl)cc31)[C@H]2c1ccccc1. The molecule has 0 unspecified atom stereocenters. The molecule has 3 heterocycles. The number of rotatable bonds is 4. The Morgan fingerprint density at radius 1 is 0.805 bits per heavy atom. The number of fused-ring (bicyclic) bond motifs is 3. The molecule has 1 amide bonds. The largest absolute Gasteiger partial charge is 0.481 e. The predicted octanol–water partition coefficient (Wildman–Crippen LogP) is 5.70. The summed E-state index contributed by atoms with van der Waals surface area (Å²) >= 11 is 6.47. The summed E-state index contributed by atoms with van der Waals surface area (Å²) in [6.07, 6.45) is -0.749. The zero-order valence-electron chi connectivity index (χ0n) is 21.7. The minimum absolute atomic E-state index is 0.366. The zero-order valence-corrected chi connectivity index (χ0v) is 22.4. The van der Waals surface area contributed by atoms with E-state index in [4.69, 9.17) is 16.3 Å². The van der Waals surface area contributed by atoms with E-state index in [0.29, 0.717) is 21.8 Å². The van der Waals surface area contributed by atoms with E-state index in [0.717, 1.165) is 11.1 Å². The van der Waals surface area contributed by atoms with Crippen LogP contribution < -0.4 is 5.32 Å². The molecule has 3 aliphatic heterocycles. The average molecular weight is 565 g/mol. The summed E-state index contributed by atoms with van der Waals surface area (Å²) in [5.41, 5.74) is 1.59. The van der Waals surface area contributed by atoms with Gasteiger partial charge in [-0.1, -0.05) is 103 Å². The highest BCUT2D eigenvalue weighted by atomic mass is 35.5. The quantitative estimate of drug-likeness (QED) is 0.309. The highest BCUT2D eigenvalue weighted by molar-refractivity contribution is 6.31. The summed E-state index contributed by atoms with van der Waals surface area (Å²) in [6, 6.07) is 30.6. The van der Waals surface area contributed by atoms with Crippen molar-refractivity contribution in [3.05, 3.63) is 136 Å². The maximum absolute atomic E-state index is 14.3. The number of carboxylic acids is 1. The molecule has 6 atom stereocenters. The van der Waals surface area contributed by atoms with Crippen molar-refractivity contribution in [2.24, 2.45) is 5.92 Å². The van der Waals surface area contributed by atoms with Gasteiger partial charge in [0, 0.05) is 10.7 Å². The third kappa shape index (κ3) is 3.66. The number of hydrogen-bond acceptors (Lipinski definition) is 5. The van der Waals surface area contributed by atoms with Crippen molar-refractivity contribution in [1.82, 2.24) is 4.90 Å². The number of halogens is 1. The number of benzene rings is 4. The number of carbonyl (C=O) groups is 3. The third-order valence-corrected chi connectivity index (χ3v) is 8.89. The van der Waals surface area contributed by atoms with Crippen LogP contribution in [0.15, 0.2) is 109 Å². The molecule has 0 aromatic heterocycles. The topological polar surface area (TPSA) is 95.9 Å². The predicted molar refractivity (Wildman–Crippen MR) is 152 cm³/mol. The Hall–Kier alpha value is -4.46. The second-order valence-electron chi connectivity index (χ2n) is 10.7. The Morgan fingerprint density at radius 3 is 2.00 bits per heavy atom. The van der Waals surface area contributed by atoms with E-state index in [1.165, 1.54) is 0 Å². The van der Waals surface area contributed by atoms with Crippen molar-refractivity contribution in [2.45, 2.75) is 29.6 Å². The van der Waals surface area contributed by atoms with Crippen molar-refractivity contribution in [3.8, 4) is 0 Å². The summed E-state index contributed by atoms with van der Waals surface area (Å²) in [6.45, 7) is 0. The smallest absolute Gasteiger partial charge is 0.325 e. The fourth-order valence-electron chi connectivity index (χ4n) is 7.18. The molecule has 1 spiro atoms. The van der Waals surface area contributed by atoms with E-state index in [2.05, 4.69) is 5.32 Å². The summed E-state index contributed by atoms with van der Waals surface area (Å²) in [5, 5.41) is 14.2. The molecule has 0 bridgehead atoms. The average Bonchev–Trinajstić information content (AvgIpc) is 3.47. The molecule has 0 radical (unpaired) electrons. The molecule has 7 rings (SSSR count). The second-order valence-corrected chi connectivity index (χ2v) is 11.1. The van der Waals surface area contributed by atoms with E-state index in [9.17, 15) is 19.5 Å². The number of cyclic esters (lactones) is 1. The Kier molecular flexibility index (Phi) is 5.96. The molecule has 7 nitrogen and oxygen atoms in total. The van der Waals surface area contributed by atoms with Gasteiger partial charge in [-0.25, -0.2) is 0 Å². The molecule has 4 aromatic rings. The van der Waals surface area contributed by atoms with E-state index in [-0.39, 0.29) is 0 Å². The fourth-order valence-corrected chi connectivity index (χ4v) is 7.35. The van der Waals surface area contributed by atoms with Crippen LogP contribution in [0.25, 0.3) is 0 Å². The Balaban J connectivity index is 1.57. The molecular formula is C33H25ClN2O5. The van der Waals surface area contributed by atoms with Crippen LogP contribution in [0.3, 0.4) is 0 Å². The van der Waals surface area contributed by atoms with Gasteiger partial charge in [-0.2, -0.15) is 0 Å². The molecule has 0 saturated carbocycles. The van der Waals surface area contributed by atoms with Crippen molar-refractivity contribution in [1.29, 1.82) is 0 Å². The first-order valence-electron chi connectivity index (χ1n) is 13.4. The van der Waals surface area contributed by atoms with E-state index in [1.54, 1.807) is 18.2 Å². The monoisotopic (exact) mass is 564 g/mol. The van der Waals surface area contributed by atoms with Crippen LogP contribution in [0.2, 0.25) is 5.02 Å². The molecule has 8 heteroatoms. The number of esters is 1. The van der Waals surface area contributed by atoms with Gasteiger partial charge in [0.25, 0.3) is 0 Å². The molecule has 204 valence electrons. The van der Waals surface area contributed by atoms with Gasteiger partial charge in [-0.3, -0.25) is 19.3 Å². The van der Waals surface area contributed by atoms with Gasteiger partial charge in [0.1, 0.15) is 23.5 Å². The van der Waals surface area contributed by atoms with Gasteiger partial charge < -0.3 is 15.2 Å². The first-order valence-corrected chi connectivity index (χ1v) is 13.8. The first-order chi connectivity index (χ1) is 19.9. The standard InChI is InChI=1S/C33H25ClN2O5/c34-22-16-17-24-23(18-22)33(32(40)35-24)25(30(37)38)27-31(39)41-28(20-12-6-2-7-13-20)26(19-10-4-1-5-11-19)36(27)29(33)21-14-8-3-9-15-21/h1-18,25-29H,(H,35,40)(H,37,38)/t25-,26-,27-,28+,29+,33-/m0/s1. The maximum Gasteiger partial charge on any atom is 0.325 e. The molecule has 0 aliphatic carbocycles. The first kappa shape index (κ1) is 25.5.